The summed E-state index contributed by atoms with van der Waals surface area (Å²) in [5.74, 6) is -0.915. The van der Waals surface area contributed by atoms with Crippen LogP contribution in [0.25, 0.3) is 22.2 Å². The minimum atomic E-state index is -0.915. The molecule has 0 amide bonds. The summed E-state index contributed by atoms with van der Waals surface area (Å²) >= 11 is 1.57. The molecule has 0 unspecified atom stereocenters. The van der Waals surface area contributed by atoms with Crippen LogP contribution in [-0.4, -0.2) is 16.1 Å². The molecule has 4 heteroatoms. The van der Waals surface area contributed by atoms with Crippen LogP contribution in [0.3, 0.4) is 0 Å². The number of fused-ring (bicyclic) bond motifs is 1. The van der Waals surface area contributed by atoms with Crippen LogP contribution in [-0.2, 0) is 6.42 Å². The van der Waals surface area contributed by atoms with Crippen molar-refractivity contribution in [2.75, 3.05) is 0 Å². The first-order chi connectivity index (χ1) is 9.69. The number of thiophene rings is 1. The fraction of sp³-hybridized carbons (Fsp3) is 0.125. The van der Waals surface area contributed by atoms with E-state index in [0.29, 0.717) is 16.6 Å². The number of benzene rings is 1. The number of carboxylic acids is 1. The molecule has 0 aliphatic carbocycles. The Kier molecular flexibility index (Phi) is 3.24. The summed E-state index contributed by atoms with van der Waals surface area (Å²) in [6.07, 6.45) is 0.876. The van der Waals surface area contributed by atoms with E-state index in [2.05, 4.69) is 11.9 Å². The SMILES string of the molecule is CCc1ccc2nc(-c3ccsc3)cc(C(=O)O)c2c1. The lowest BCUT2D eigenvalue weighted by atomic mass is 10.0. The van der Waals surface area contributed by atoms with Crippen molar-refractivity contribution in [3.8, 4) is 11.3 Å². The smallest absolute Gasteiger partial charge is 0.336 e. The molecule has 20 heavy (non-hydrogen) atoms. The molecule has 0 spiro atoms. The van der Waals surface area contributed by atoms with Crippen LogP contribution in [0.1, 0.15) is 22.8 Å². The molecule has 0 aliphatic rings. The highest BCUT2D eigenvalue weighted by molar-refractivity contribution is 7.08. The number of carbonyl (C=O) groups is 1. The van der Waals surface area contributed by atoms with Crippen LogP contribution in [0.5, 0.6) is 0 Å². The summed E-state index contributed by atoms with van der Waals surface area (Å²) in [4.78, 5) is 16.1. The van der Waals surface area contributed by atoms with Crippen LogP contribution >= 0.6 is 11.3 Å². The summed E-state index contributed by atoms with van der Waals surface area (Å²) in [5, 5.41) is 14.1. The molecule has 0 atom stereocenters. The normalized spacial score (nSPS) is 10.8. The first-order valence-corrected chi connectivity index (χ1v) is 7.33. The zero-order valence-corrected chi connectivity index (χ0v) is 11.8. The van der Waals surface area contributed by atoms with Gasteiger partial charge in [-0.25, -0.2) is 9.78 Å². The van der Waals surface area contributed by atoms with E-state index in [1.165, 1.54) is 0 Å². The maximum Gasteiger partial charge on any atom is 0.336 e. The van der Waals surface area contributed by atoms with Gasteiger partial charge in [0.05, 0.1) is 16.8 Å². The van der Waals surface area contributed by atoms with Gasteiger partial charge in [-0.1, -0.05) is 13.0 Å². The van der Waals surface area contributed by atoms with Crippen LogP contribution < -0.4 is 0 Å². The molecule has 0 saturated carbocycles. The fourth-order valence-corrected chi connectivity index (χ4v) is 2.88. The van der Waals surface area contributed by atoms with Gasteiger partial charge in [-0.3, -0.25) is 0 Å². The first kappa shape index (κ1) is 12.8. The molecule has 0 bridgehead atoms. The predicted molar refractivity (Wildman–Crippen MR) is 81.4 cm³/mol. The number of rotatable bonds is 3. The van der Waals surface area contributed by atoms with Gasteiger partial charge in [0.1, 0.15) is 0 Å². The Morgan fingerprint density at radius 3 is 2.80 bits per heavy atom. The second-order valence-corrected chi connectivity index (χ2v) is 5.36. The van der Waals surface area contributed by atoms with Crippen molar-refractivity contribution < 1.29 is 9.90 Å². The largest absolute Gasteiger partial charge is 0.478 e. The molecule has 0 saturated heterocycles. The minimum absolute atomic E-state index is 0.312. The molecule has 3 nitrogen and oxygen atoms in total. The van der Waals surface area contributed by atoms with E-state index in [1.54, 1.807) is 17.4 Å². The highest BCUT2D eigenvalue weighted by Gasteiger charge is 2.13. The second kappa shape index (κ2) is 5.06. The standard InChI is InChI=1S/C16H13NO2S/c1-2-10-3-4-14-12(7-10)13(16(18)19)8-15(17-14)11-5-6-20-9-11/h3-9H,2H2,1H3,(H,18,19). The number of hydrogen-bond acceptors (Lipinski definition) is 3. The third-order valence-electron chi connectivity index (χ3n) is 3.33. The van der Waals surface area contributed by atoms with Gasteiger partial charge in [-0.05, 0) is 41.6 Å². The lowest BCUT2D eigenvalue weighted by molar-refractivity contribution is 0.0699. The number of aromatic carboxylic acids is 1. The predicted octanol–water partition coefficient (Wildman–Crippen LogP) is 4.22. The minimum Gasteiger partial charge on any atom is -0.478 e. The van der Waals surface area contributed by atoms with Crippen molar-refractivity contribution in [3.05, 3.63) is 52.2 Å². The van der Waals surface area contributed by atoms with Gasteiger partial charge in [0, 0.05) is 16.3 Å². The third kappa shape index (κ3) is 2.18. The van der Waals surface area contributed by atoms with E-state index in [4.69, 9.17) is 0 Å². The topological polar surface area (TPSA) is 50.2 Å². The average molecular weight is 283 g/mol. The van der Waals surface area contributed by atoms with Crippen molar-refractivity contribution in [1.82, 2.24) is 4.98 Å². The number of carboxylic acid groups (broad SMARTS) is 1. The molecular weight excluding hydrogens is 270 g/mol. The number of aromatic nitrogens is 1. The molecule has 1 N–H and O–H groups in total. The Balaban J connectivity index is 2.30. The van der Waals surface area contributed by atoms with Gasteiger partial charge in [-0.2, -0.15) is 11.3 Å². The Morgan fingerprint density at radius 2 is 2.15 bits per heavy atom. The maximum atomic E-state index is 11.5. The van der Waals surface area contributed by atoms with Gasteiger partial charge in [-0.15, -0.1) is 0 Å². The number of nitrogens with zero attached hydrogens (tertiary/aromatic N) is 1. The van der Waals surface area contributed by atoms with Crippen molar-refractivity contribution in [2.45, 2.75) is 13.3 Å². The van der Waals surface area contributed by atoms with Crippen molar-refractivity contribution in [2.24, 2.45) is 0 Å². The number of hydrogen-bond donors (Lipinski definition) is 1. The van der Waals surface area contributed by atoms with E-state index >= 15 is 0 Å². The van der Waals surface area contributed by atoms with Crippen LogP contribution in [0.15, 0.2) is 41.1 Å². The molecular formula is C16H13NO2S. The molecule has 1 aromatic carbocycles. The molecule has 3 rings (SSSR count). The summed E-state index contributed by atoms with van der Waals surface area (Å²) in [7, 11) is 0. The quantitative estimate of drug-likeness (QED) is 0.782. The Hall–Kier alpha value is -2.20. The van der Waals surface area contributed by atoms with Gasteiger partial charge in [0.15, 0.2) is 0 Å². The van der Waals surface area contributed by atoms with Crippen LogP contribution in [0.2, 0.25) is 0 Å². The lowest BCUT2D eigenvalue weighted by Gasteiger charge is -2.07. The van der Waals surface area contributed by atoms with Crippen LogP contribution in [0, 0.1) is 0 Å². The Bertz CT molecular complexity index is 779. The van der Waals surface area contributed by atoms with Gasteiger partial charge < -0.3 is 5.11 Å². The molecule has 0 aliphatic heterocycles. The zero-order chi connectivity index (χ0) is 14.1. The summed E-state index contributed by atoms with van der Waals surface area (Å²) < 4.78 is 0. The van der Waals surface area contributed by atoms with Gasteiger partial charge in [0.2, 0.25) is 0 Å². The second-order valence-electron chi connectivity index (χ2n) is 4.58. The Morgan fingerprint density at radius 1 is 1.30 bits per heavy atom. The summed E-state index contributed by atoms with van der Waals surface area (Å²) in [6.45, 7) is 2.05. The summed E-state index contributed by atoms with van der Waals surface area (Å²) in [5.41, 5.74) is 3.82. The monoisotopic (exact) mass is 283 g/mol. The van der Waals surface area contributed by atoms with Gasteiger partial charge in [0.25, 0.3) is 0 Å². The van der Waals surface area contributed by atoms with E-state index in [1.807, 2.05) is 35.0 Å². The molecule has 2 aromatic heterocycles. The fourth-order valence-electron chi connectivity index (χ4n) is 2.23. The maximum absolute atomic E-state index is 11.5. The van der Waals surface area contributed by atoms with E-state index in [9.17, 15) is 9.90 Å². The lowest BCUT2D eigenvalue weighted by Crippen LogP contribution is -2.00. The molecule has 0 fully saturated rings. The molecule has 0 radical (unpaired) electrons. The molecule has 100 valence electrons. The first-order valence-electron chi connectivity index (χ1n) is 6.38. The molecule has 3 aromatic rings. The zero-order valence-electron chi connectivity index (χ0n) is 11.0. The molecule has 2 heterocycles. The average Bonchev–Trinajstić information content (AvgIpc) is 2.99. The Labute approximate surface area is 120 Å². The third-order valence-corrected chi connectivity index (χ3v) is 4.01. The van der Waals surface area contributed by atoms with Crippen molar-refractivity contribution in [1.29, 1.82) is 0 Å². The van der Waals surface area contributed by atoms with Crippen LogP contribution in [0.4, 0.5) is 0 Å². The van der Waals surface area contributed by atoms with E-state index < -0.39 is 5.97 Å². The van der Waals surface area contributed by atoms with E-state index in [-0.39, 0.29) is 0 Å². The number of pyridine rings is 1. The van der Waals surface area contributed by atoms with Crippen molar-refractivity contribution >= 4 is 28.2 Å². The summed E-state index contributed by atoms with van der Waals surface area (Å²) in [6, 6.07) is 9.43. The van der Waals surface area contributed by atoms with Gasteiger partial charge >= 0.3 is 5.97 Å². The highest BCUT2D eigenvalue weighted by Crippen LogP contribution is 2.27. The number of aryl methyl sites for hydroxylation is 1. The van der Waals surface area contributed by atoms with Crippen molar-refractivity contribution in [3.63, 3.8) is 0 Å². The van der Waals surface area contributed by atoms with E-state index in [0.717, 1.165) is 23.1 Å². The highest BCUT2D eigenvalue weighted by atomic mass is 32.1.